The van der Waals surface area contributed by atoms with Crippen molar-refractivity contribution in [1.82, 2.24) is 14.3 Å². The van der Waals surface area contributed by atoms with Gasteiger partial charge < -0.3 is 14.0 Å². The fourth-order valence-corrected chi connectivity index (χ4v) is 3.33. The Bertz CT molecular complexity index is 918. The van der Waals surface area contributed by atoms with Crippen LogP contribution in [0.4, 0.5) is 4.39 Å². The van der Waals surface area contributed by atoms with Crippen molar-refractivity contribution in [2.24, 2.45) is 0 Å². The minimum absolute atomic E-state index is 0.0302. The van der Waals surface area contributed by atoms with E-state index < -0.39 is 0 Å². The molecule has 1 aliphatic rings. The fraction of sp³-hybridized carbons (Fsp3) is 0.300. The molecular weight excluding hydrogens is 333 g/mol. The van der Waals surface area contributed by atoms with Crippen LogP contribution in [0.3, 0.4) is 0 Å². The summed E-state index contributed by atoms with van der Waals surface area (Å²) in [6.45, 7) is 1.57. The van der Waals surface area contributed by atoms with Gasteiger partial charge >= 0.3 is 0 Å². The maximum Gasteiger partial charge on any atom is 0.254 e. The van der Waals surface area contributed by atoms with Crippen LogP contribution in [0.25, 0.3) is 5.65 Å². The number of hydrogen-bond donors (Lipinski definition) is 0. The van der Waals surface area contributed by atoms with E-state index in [1.54, 1.807) is 29.3 Å². The van der Waals surface area contributed by atoms with Gasteiger partial charge in [0.2, 0.25) is 0 Å². The third-order valence-corrected chi connectivity index (χ3v) is 4.64. The maximum atomic E-state index is 13.5. The minimum Gasteiger partial charge on any atom is -0.376 e. The Balaban J connectivity index is 1.60. The van der Waals surface area contributed by atoms with Gasteiger partial charge in [-0.1, -0.05) is 12.1 Å². The number of halogens is 1. The molecule has 1 amide bonds. The minimum atomic E-state index is -0.300. The highest BCUT2D eigenvalue weighted by atomic mass is 19.1. The second-order valence-electron chi connectivity index (χ2n) is 6.56. The molecule has 1 aromatic carbocycles. The molecule has 4 rings (SSSR count). The molecule has 0 spiro atoms. The highest BCUT2D eigenvalue weighted by Crippen LogP contribution is 2.18. The molecular formula is C20H20FN3O2. The summed E-state index contributed by atoms with van der Waals surface area (Å²) in [5.41, 5.74) is 2.05. The van der Waals surface area contributed by atoms with Gasteiger partial charge in [0, 0.05) is 43.9 Å². The molecule has 1 fully saturated rings. The molecule has 5 nitrogen and oxygen atoms in total. The molecule has 134 valence electrons. The third-order valence-electron chi connectivity index (χ3n) is 4.64. The van der Waals surface area contributed by atoms with Crippen molar-refractivity contribution in [3.8, 4) is 0 Å². The molecule has 0 aliphatic carbocycles. The van der Waals surface area contributed by atoms with Crippen LogP contribution in [0.15, 0.2) is 55.0 Å². The first kappa shape index (κ1) is 16.7. The highest BCUT2D eigenvalue weighted by Gasteiger charge is 2.24. The molecule has 0 radical (unpaired) electrons. The van der Waals surface area contributed by atoms with Crippen molar-refractivity contribution >= 4 is 11.6 Å². The number of ether oxygens (including phenoxy) is 1. The smallest absolute Gasteiger partial charge is 0.254 e. The number of nitrogens with zero attached hydrogens (tertiary/aromatic N) is 3. The monoisotopic (exact) mass is 353 g/mol. The van der Waals surface area contributed by atoms with E-state index in [1.165, 1.54) is 12.1 Å². The number of aromatic nitrogens is 2. The second-order valence-corrected chi connectivity index (χ2v) is 6.56. The summed E-state index contributed by atoms with van der Waals surface area (Å²) in [5, 5.41) is 0. The Morgan fingerprint density at radius 2 is 2.23 bits per heavy atom. The lowest BCUT2D eigenvalue weighted by atomic mass is 10.1. The summed E-state index contributed by atoms with van der Waals surface area (Å²) < 4.78 is 21.1. The van der Waals surface area contributed by atoms with Crippen molar-refractivity contribution in [3.05, 3.63) is 71.9 Å². The summed E-state index contributed by atoms with van der Waals surface area (Å²) in [5.74, 6) is -0.402. The number of benzene rings is 1. The number of carbonyl (C=O) groups excluding carboxylic acids is 1. The molecule has 1 unspecified atom stereocenters. The Hall–Kier alpha value is -2.73. The van der Waals surface area contributed by atoms with Crippen LogP contribution in [0.2, 0.25) is 0 Å². The van der Waals surface area contributed by atoms with Gasteiger partial charge in [0.25, 0.3) is 5.91 Å². The van der Waals surface area contributed by atoms with E-state index in [0.29, 0.717) is 18.7 Å². The molecule has 1 aliphatic heterocycles. The predicted molar refractivity (Wildman–Crippen MR) is 95.3 cm³/mol. The number of pyridine rings is 1. The summed E-state index contributed by atoms with van der Waals surface area (Å²) in [4.78, 5) is 19.1. The number of hydrogen-bond acceptors (Lipinski definition) is 3. The molecule has 0 bridgehead atoms. The lowest BCUT2D eigenvalue weighted by Gasteiger charge is -2.26. The number of imidazole rings is 1. The molecule has 0 N–H and O–H groups in total. The van der Waals surface area contributed by atoms with Crippen molar-refractivity contribution in [1.29, 1.82) is 0 Å². The third kappa shape index (κ3) is 3.60. The van der Waals surface area contributed by atoms with Crippen LogP contribution < -0.4 is 0 Å². The molecule has 3 aromatic rings. The van der Waals surface area contributed by atoms with Crippen molar-refractivity contribution in [2.75, 3.05) is 13.2 Å². The highest BCUT2D eigenvalue weighted by molar-refractivity contribution is 5.95. The van der Waals surface area contributed by atoms with Crippen LogP contribution in [-0.4, -0.2) is 39.4 Å². The van der Waals surface area contributed by atoms with Crippen molar-refractivity contribution < 1.29 is 13.9 Å². The zero-order valence-corrected chi connectivity index (χ0v) is 14.3. The van der Waals surface area contributed by atoms with Gasteiger partial charge in [-0.2, -0.15) is 0 Å². The van der Waals surface area contributed by atoms with Crippen LogP contribution in [0, 0.1) is 5.82 Å². The number of fused-ring (bicyclic) bond motifs is 1. The van der Waals surface area contributed by atoms with Crippen LogP contribution >= 0.6 is 0 Å². The molecule has 26 heavy (non-hydrogen) atoms. The van der Waals surface area contributed by atoms with Gasteiger partial charge in [-0.05, 0) is 42.7 Å². The molecule has 1 atom stereocenters. The quantitative estimate of drug-likeness (QED) is 0.707. The van der Waals surface area contributed by atoms with E-state index in [9.17, 15) is 9.18 Å². The Morgan fingerprint density at radius 1 is 1.31 bits per heavy atom. The van der Waals surface area contributed by atoms with Crippen molar-refractivity contribution in [3.63, 3.8) is 0 Å². The van der Waals surface area contributed by atoms with Gasteiger partial charge in [-0.15, -0.1) is 0 Å². The van der Waals surface area contributed by atoms with Gasteiger partial charge in [-0.25, -0.2) is 9.37 Å². The first-order valence-corrected chi connectivity index (χ1v) is 8.77. The fourth-order valence-electron chi connectivity index (χ4n) is 3.33. The largest absolute Gasteiger partial charge is 0.376 e. The van der Waals surface area contributed by atoms with Gasteiger partial charge in [-0.3, -0.25) is 4.79 Å². The summed E-state index contributed by atoms with van der Waals surface area (Å²) in [6.07, 6.45) is 7.32. The zero-order chi connectivity index (χ0) is 17.9. The van der Waals surface area contributed by atoms with Crippen LogP contribution in [0.5, 0.6) is 0 Å². The van der Waals surface area contributed by atoms with E-state index in [-0.39, 0.29) is 17.8 Å². The molecule has 6 heteroatoms. The Kier molecular flexibility index (Phi) is 4.67. The van der Waals surface area contributed by atoms with E-state index in [4.69, 9.17) is 4.74 Å². The molecule has 2 aromatic heterocycles. The first-order chi connectivity index (χ1) is 12.7. The second kappa shape index (κ2) is 7.25. The Labute approximate surface area is 151 Å². The van der Waals surface area contributed by atoms with Gasteiger partial charge in [0.15, 0.2) is 0 Å². The topological polar surface area (TPSA) is 46.8 Å². The summed E-state index contributed by atoms with van der Waals surface area (Å²) in [7, 11) is 0. The predicted octanol–water partition coefficient (Wildman–Crippen LogP) is 3.29. The number of rotatable bonds is 5. The number of carbonyl (C=O) groups is 1. The SMILES string of the molecule is O=C(c1ccn2ccnc2c1)N(Cc1cccc(F)c1)CC1CCCO1. The molecule has 0 saturated carbocycles. The summed E-state index contributed by atoms with van der Waals surface area (Å²) >= 11 is 0. The van der Waals surface area contributed by atoms with Gasteiger partial charge in [0.1, 0.15) is 11.5 Å². The average molecular weight is 353 g/mol. The maximum absolute atomic E-state index is 13.5. The van der Waals surface area contributed by atoms with E-state index >= 15 is 0 Å². The lowest BCUT2D eigenvalue weighted by molar-refractivity contribution is 0.0507. The first-order valence-electron chi connectivity index (χ1n) is 8.77. The standard InChI is InChI=1S/C20H20FN3O2/c21-17-4-1-3-15(11-17)13-24(14-18-5-2-10-26-18)20(25)16-6-8-23-9-7-22-19(23)12-16/h1,3-4,6-9,11-12,18H,2,5,10,13-14H2. The molecule has 3 heterocycles. The number of amides is 1. The van der Waals surface area contributed by atoms with E-state index in [2.05, 4.69) is 4.98 Å². The average Bonchev–Trinajstić information content (AvgIpc) is 3.31. The zero-order valence-electron chi connectivity index (χ0n) is 14.3. The van der Waals surface area contributed by atoms with Crippen molar-refractivity contribution in [2.45, 2.75) is 25.5 Å². The lowest BCUT2D eigenvalue weighted by Crippen LogP contribution is -2.37. The van der Waals surface area contributed by atoms with Crippen LogP contribution in [-0.2, 0) is 11.3 Å². The van der Waals surface area contributed by atoms with Crippen LogP contribution in [0.1, 0.15) is 28.8 Å². The normalized spacial score (nSPS) is 16.9. The van der Waals surface area contributed by atoms with E-state index in [1.807, 2.05) is 22.9 Å². The van der Waals surface area contributed by atoms with E-state index in [0.717, 1.165) is 30.7 Å². The Morgan fingerprint density at radius 3 is 3.04 bits per heavy atom. The van der Waals surface area contributed by atoms with Gasteiger partial charge in [0.05, 0.1) is 6.10 Å². The molecule has 1 saturated heterocycles. The summed E-state index contributed by atoms with van der Waals surface area (Å²) in [6, 6.07) is 9.92.